The maximum absolute atomic E-state index is 10.7. The average molecular weight is 302 g/mol. The molecule has 0 aromatic rings. The Bertz CT molecular complexity index is 297. The number of hydrogen-bond acceptors (Lipinski definition) is 9. The van der Waals surface area contributed by atoms with E-state index in [1.807, 2.05) is 0 Å². The highest BCUT2D eigenvalue weighted by Crippen LogP contribution is 2.40. The zero-order chi connectivity index (χ0) is 12.8. The second-order valence-corrected chi connectivity index (χ2v) is 5.67. The van der Waals surface area contributed by atoms with E-state index in [0.717, 1.165) is 0 Å². The molecule has 0 aromatic heterocycles. The zero-order valence-electron chi connectivity index (χ0n) is 7.30. The van der Waals surface area contributed by atoms with Gasteiger partial charge in [-0.1, -0.05) is 10.5 Å². The van der Waals surface area contributed by atoms with Crippen molar-refractivity contribution in [3.05, 3.63) is 0 Å². The summed E-state index contributed by atoms with van der Waals surface area (Å²) in [5.74, 6) is 8.67. The molecule has 0 amide bonds. The van der Waals surface area contributed by atoms with Gasteiger partial charge in [0.2, 0.25) is 0 Å². The van der Waals surface area contributed by atoms with Crippen molar-refractivity contribution >= 4 is 23.7 Å². The maximum Gasteiger partial charge on any atom is 0.442 e. The van der Waals surface area contributed by atoms with E-state index in [1.165, 1.54) is 10.5 Å². The third-order valence-corrected chi connectivity index (χ3v) is 2.87. The summed E-state index contributed by atoms with van der Waals surface area (Å²) in [6, 6.07) is 0. The predicted octanol–water partition coefficient (Wildman–Crippen LogP) is -1.60. The second-order valence-electron chi connectivity index (χ2n) is 1.89. The van der Waals surface area contributed by atoms with E-state index < -0.39 is 23.7 Å². The monoisotopic (exact) mass is 302 g/mol. The molecule has 0 aliphatic heterocycles. The Hall–Kier alpha value is 0.290. The van der Waals surface area contributed by atoms with Gasteiger partial charge in [0, 0.05) is 0 Å². The molecule has 0 aromatic carbocycles. The summed E-state index contributed by atoms with van der Waals surface area (Å²) in [5.41, 5.74) is 0. The molecule has 0 aliphatic rings. The molecule has 16 heavy (non-hydrogen) atoms. The number of hydrogen-bond donors (Lipinski definition) is 6. The first-order chi connectivity index (χ1) is 7.22. The predicted molar refractivity (Wildman–Crippen MR) is 47.6 cm³/mol. The van der Waals surface area contributed by atoms with E-state index in [2.05, 4.69) is 30.3 Å². The fourth-order valence-corrected chi connectivity index (χ4v) is 1.90. The van der Waals surface area contributed by atoms with Crippen LogP contribution in [0.15, 0.2) is 0 Å². The summed E-state index contributed by atoms with van der Waals surface area (Å²) in [4.78, 5) is 17.1. The van der Waals surface area contributed by atoms with Crippen molar-refractivity contribution in [2.24, 2.45) is 11.8 Å². The lowest BCUT2D eigenvalue weighted by atomic mass is 13.5. The van der Waals surface area contributed by atoms with Crippen LogP contribution in [-0.4, -0.2) is 9.79 Å². The quantitative estimate of drug-likeness (QED) is 0.221. The van der Waals surface area contributed by atoms with Gasteiger partial charge in [-0.05, 0) is 0 Å². The smallest absolute Gasteiger partial charge is 0.310 e. The number of nitrogens with two attached hydrogens (primary N) is 2. The molecule has 98 valence electrons. The van der Waals surface area contributed by atoms with Gasteiger partial charge in [-0.25, -0.2) is 39.4 Å². The standard InChI is InChI=1S/H9N4O9P3/c1-10-15(6,7)3-12-14(5)13-4-16(8,9)11-2/h14H,1-2H2,(H2,3,6,7)(H2,4,8,9). The van der Waals surface area contributed by atoms with Gasteiger partial charge in [-0.3, -0.25) is 4.57 Å². The molecule has 0 saturated heterocycles. The first kappa shape index (κ1) is 16.3. The van der Waals surface area contributed by atoms with Crippen LogP contribution in [0.25, 0.3) is 0 Å². The lowest BCUT2D eigenvalue weighted by Crippen LogP contribution is -2.15. The Balaban J connectivity index is 3.94. The average Bonchev–Trinajstić information content (AvgIpc) is 2.24. The van der Waals surface area contributed by atoms with Crippen LogP contribution in [0, 0.1) is 0 Å². The van der Waals surface area contributed by atoms with Crippen LogP contribution >= 0.6 is 23.7 Å². The Morgan fingerprint density at radius 1 is 1.00 bits per heavy atom. The van der Waals surface area contributed by atoms with E-state index in [1.54, 1.807) is 0 Å². The highest BCUT2D eigenvalue weighted by Gasteiger charge is 2.22. The molecule has 2 unspecified atom stereocenters. The first-order valence-electron chi connectivity index (χ1n) is 3.07. The Morgan fingerprint density at radius 2 is 1.31 bits per heavy atom. The molecule has 2 atom stereocenters. The molecule has 0 fully saturated rings. The van der Waals surface area contributed by atoms with Gasteiger partial charge in [0.1, 0.15) is 0 Å². The Labute approximate surface area is 88.9 Å². The molecular weight excluding hydrogens is 293 g/mol. The Morgan fingerprint density at radius 3 is 1.56 bits per heavy atom. The van der Waals surface area contributed by atoms with E-state index in [4.69, 9.17) is 9.79 Å². The van der Waals surface area contributed by atoms with Crippen LogP contribution < -0.4 is 22.3 Å². The van der Waals surface area contributed by atoms with Gasteiger partial charge in [-0.2, -0.15) is 0 Å². The van der Waals surface area contributed by atoms with Crippen molar-refractivity contribution in [2.45, 2.75) is 0 Å². The van der Waals surface area contributed by atoms with Gasteiger partial charge >= 0.3 is 23.7 Å². The minimum atomic E-state index is -4.46. The molecule has 0 aliphatic carbocycles. The van der Waals surface area contributed by atoms with Gasteiger partial charge in [0.05, 0.1) is 0 Å². The summed E-state index contributed by atoms with van der Waals surface area (Å²) in [6.45, 7) is 0. The molecular formula is H9N4O9P3. The minimum Gasteiger partial charge on any atom is -0.310 e. The minimum absolute atomic E-state index is 1.25. The van der Waals surface area contributed by atoms with Gasteiger partial charge in [0.15, 0.2) is 0 Å². The molecule has 0 heterocycles. The van der Waals surface area contributed by atoms with Gasteiger partial charge in [0.25, 0.3) is 0 Å². The van der Waals surface area contributed by atoms with E-state index >= 15 is 0 Å². The van der Waals surface area contributed by atoms with E-state index in [0.29, 0.717) is 0 Å². The SMILES string of the molecule is NOP(=O)(O)NO[PH](=O)ONP(=O)(O)ON. The van der Waals surface area contributed by atoms with Crippen LogP contribution in [0.2, 0.25) is 0 Å². The molecule has 0 radical (unpaired) electrons. The zero-order valence-corrected chi connectivity index (χ0v) is 10.1. The van der Waals surface area contributed by atoms with Crippen molar-refractivity contribution < 1.29 is 42.0 Å². The fourth-order valence-electron chi connectivity index (χ4n) is 0.254. The second kappa shape index (κ2) is 6.89. The Kier molecular flexibility index (Phi) is 7.01. The molecule has 8 N–H and O–H groups in total. The summed E-state index contributed by atoms with van der Waals surface area (Å²) in [6.07, 6.45) is 0. The molecule has 0 spiro atoms. The first-order valence-corrected chi connectivity index (χ1v) is 7.45. The van der Waals surface area contributed by atoms with Crippen LogP contribution in [0.5, 0.6) is 0 Å². The van der Waals surface area contributed by atoms with Gasteiger partial charge < -0.3 is 9.79 Å². The van der Waals surface area contributed by atoms with E-state index in [9.17, 15) is 13.7 Å². The van der Waals surface area contributed by atoms with Crippen LogP contribution in [0.3, 0.4) is 0 Å². The number of nitrogens with one attached hydrogen (secondary N) is 2. The maximum atomic E-state index is 10.7. The molecule has 0 rings (SSSR count). The summed E-state index contributed by atoms with van der Waals surface area (Å²) in [5, 5.41) is 2.50. The lowest BCUT2D eigenvalue weighted by molar-refractivity contribution is 0.131. The molecule has 13 nitrogen and oxygen atoms in total. The van der Waals surface area contributed by atoms with Crippen molar-refractivity contribution in [1.82, 2.24) is 10.5 Å². The summed E-state index contributed by atoms with van der Waals surface area (Å²) < 4.78 is 46.6. The molecule has 0 bridgehead atoms. The van der Waals surface area contributed by atoms with Crippen LogP contribution in [0.1, 0.15) is 0 Å². The topological polar surface area (TPSA) is 205 Å². The normalized spacial score (nSPS) is 21.0. The van der Waals surface area contributed by atoms with E-state index in [-0.39, 0.29) is 0 Å². The highest BCUT2D eigenvalue weighted by molar-refractivity contribution is 7.51. The molecule has 0 saturated carbocycles. The largest absolute Gasteiger partial charge is 0.442 e. The van der Waals surface area contributed by atoms with Crippen molar-refractivity contribution in [1.29, 1.82) is 0 Å². The van der Waals surface area contributed by atoms with Crippen molar-refractivity contribution in [3.63, 3.8) is 0 Å². The lowest BCUT2D eigenvalue weighted by Gasteiger charge is -2.11. The molecule has 16 heteroatoms. The number of rotatable bonds is 8. The van der Waals surface area contributed by atoms with Crippen molar-refractivity contribution in [3.8, 4) is 0 Å². The van der Waals surface area contributed by atoms with Crippen LogP contribution in [-0.2, 0) is 32.2 Å². The third kappa shape index (κ3) is 7.54. The van der Waals surface area contributed by atoms with Gasteiger partial charge in [-0.15, -0.1) is 0 Å². The fraction of sp³-hybridized carbons (Fsp3) is 0. The van der Waals surface area contributed by atoms with Crippen molar-refractivity contribution in [2.75, 3.05) is 0 Å². The third-order valence-electron chi connectivity index (χ3n) is 0.774. The highest BCUT2D eigenvalue weighted by atomic mass is 31.2. The summed E-state index contributed by atoms with van der Waals surface area (Å²) >= 11 is 0. The summed E-state index contributed by atoms with van der Waals surface area (Å²) in [7, 11) is -12.4. The van der Waals surface area contributed by atoms with Crippen LogP contribution in [0.4, 0.5) is 0 Å².